The first kappa shape index (κ1) is 9.66. The molecule has 1 aliphatic carbocycles. The van der Waals surface area contributed by atoms with E-state index in [4.69, 9.17) is 5.73 Å². The van der Waals surface area contributed by atoms with Gasteiger partial charge in [-0.3, -0.25) is 0 Å². The molecule has 1 nitrogen and oxygen atoms in total. The molecule has 0 unspecified atom stereocenters. The van der Waals surface area contributed by atoms with Gasteiger partial charge in [0, 0.05) is 0 Å². The molecule has 14 heavy (non-hydrogen) atoms. The molecular formula is C12H16FN. The summed E-state index contributed by atoms with van der Waals surface area (Å²) in [6, 6.07) is 7.01. The quantitative estimate of drug-likeness (QED) is 0.767. The first-order valence-electron chi connectivity index (χ1n) is 5.03. The average molecular weight is 193 g/mol. The lowest BCUT2D eigenvalue weighted by molar-refractivity contribution is 0.551. The van der Waals surface area contributed by atoms with Crippen LogP contribution in [0.4, 0.5) is 4.39 Å². The summed E-state index contributed by atoms with van der Waals surface area (Å²) >= 11 is 0. The Morgan fingerprint density at radius 2 is 2.00 bits per heavy atom. The van der Waals surface area contributed by atoms with E-state index >= 15 is 0 Å². The summed E-state index contributed by atoms with van der Waals surface area (Å²) in [6.07, 6.45) is 0. The minimum Gasteiger partial charge on any atom is -0.330 e. The van der Waals surface area contributed by atoms with Crippen LogP contribution in [0.15, 0.2) is 24.3 Å². The van der Waals surface area contributed by atoms with Gasteiger partial charge in [-0.05, 0) is 35.4 Å². The summed E-state index contributed by atoms with van der Waals surface area (Å²) in [5, 5.41) is 0. The maximum Gasteiger partial charge on any atom is 0.126 e. The molecule has 76 valence electrons. The highest BCUT2D eigenvalue weighted by molar-refractivity contribution is 5.32. The summed E-state index contributed by atoms with van der Waals surface area (Å²) in [5.74, 6) is 0.634. The summed E-state index contributed by atoms with van der Waals surface area (Å²) < 4.78 is 13.5. The Kier molecular flexibility index (Phi) is 2.11. The second-order valence-corrected chi connectivity index (χ2v) is 4.66. The van der Waals surface area contributed by atoms with Crippen LogP contribution in [0, 0.1) is 17.2 Å². The molecular weight excluding hydrogens is 177 g/mol. The lowest BCUT2D eigenvalue weighted by Gasteiger charge is -2.03. The van der Waals surface area contributed by atoms with E-state index in [0.717, 1.165) is 5.56 Å². The first-order chi connectivity index (χ1) is 6.59. The molecule has 1 aromatic carbocycles. The number of nitrogens with two attached hydrogens (primary N) is 1. The molecule has 0 saturated heterocycles. The Balaban J connectivity index is 2.31. The van der Waals surface area contributed by atoms with Crippen LogP contribution in [0.3, 0.4) is 0 Å². The monoisotopic (exact) mass is 193 g/mol. The Labute approximate surface area is 84.1 Å². The van der Waals surface area contributed by atoms with Crippen molar-refractivity contribution in [2.24, 2.45) is 17.1 Å². The largest absolute Gasteiger partial charge is 0.330 e. The van der Waals surface area contributed by atoms with Gasteiger partial charge in [-0.15, -0.1) is 0 Å². The number of halogens is 1. The van der Waals surface area contributed by atoms with Crippen molar-refractivity contribution in [3.8, 4) is 0 Å². The van der Waals surface area contributed by atoms with E-state index in [1.165, 1.54) is 6.07 Å². The standard InChI is InChI=1S/C12H16FN/c1-12(2)9(7-14)11(12)8-5-3-4-6-10(8)13/h3-6,9,11H,7,14H2,1-2H3/t9-,11-/m1/s1. The maximum absolute atomic E-state index is 13.5. The highest BCUT2D eigenvalue weighted by Crippen LogP contribution is 2.64. The van der Waals surface area contributed by atoms with Gasteiger partial charge >= 0.3 is 0 Å². The fourth-order valence-electron chi connectivity index (χ4n) is 2.53. The van der Waals surface area contributed by atoms with Crippen LogP contribution in [0.2, 0.25) is 0 Å². The van der Waals surface area contributed by atoms with E-state index in [0.29, 0.717) is 18.4 Å². The number of hydrogen-bond acceptors (Lipinski definition) is 1. The predicted octanol–water partition coefficient (Wildman–Crippen LogP) is 2.52. The lowest BCUT2D eigenvalue weighted by atomic mass is 10.0. The van der Waals surface area contributed by atoms with Gasteiger partial charge in [-0.25, -0.2) is 4.39 Å². The van der Waals surface area contributed by atoms with Gasteiger partial charge < -0.3 is 5.73 Å². The molecule has 0 radical (unpaired) electrons. The lowest BCUT2D eigenvalue weighted by Crippen LogP contribution is -2.05. The Hall–Kier alpha value is -0.890. The zero-order chi connectivity index (χ0) is 10.3. The fourth-order valence-corrected chi connectivity index (χ4v) is 2.53. The molecule has 1 aliphatic rings. The molecule has 2 N–H and O–H groups in total. The van der Waals surface area contributed by atoms with Gasteiger partial charge in [0.25, 0.3) is 0 Å². The average Bonchev–Trinajstić information content (AvgIpc) is 2.69. The maximum atomic E-state index is 13.5. The number of rotatable bonds is 2. The molecule has 1 aromatic rings. The Morgan fingerprint density at radius 3 is 2.50 bits per heavy atom. The van der Waals surface area contributed by atoms with E-state index < -0.39 is 0 Å². The first-order valence-corrected chi connectivity index (χ1v) is 5.03. The molecule has 2 rings (SSSR count). The van der Waals surface area contributed by atoms with E-state index in [1.807, 2.05) is 12.1 Å². The van der Waals surface area contributed by atoms with Gasteiger partial charge in [0.15, 0.2) is 0 Å². The van der Waals surface area contributed by atoms with Crippen molar-refractivity contribution >= 4 is 0 Å². The second kappa shape index (κ2) is 3.06. The van der Waals surface area contributed by atoms with Crippen LogP contribution in [0.1, 0.15) is 25.3 Å². The molecule has 2 atom stereocenters. The van der Waals surface area contributed by atoms with Crippen molar-refractivity contribution in [1.82, 2.24) is 0 Å². The highest BCUT2D eigenvalue weighted by atomic mass is 19.1. The molecule has 2 heteroatoms. The Morgan fingerprint density at radius 1 is 1.36 bits per heavy atom. The van der Waals surface area contributed by atoms with Gasteiger partial charge in [-0.1, -0.05) is 32.0 Å². The van der Waals surface area contributed by atoms with Crippen LogP contribution in [-0.4, -0.2) is 6.54 Å². The second-order valence-electron chi connectivity index (χ2n) is 4.66. The molecule has 0 aliphatic heterocycles. The van der Waals surface area contributed by atoms with E-state index in [-0.39, 0.29) is 11.2 Å². The minimum atomic E-state index is -0.0958. The van der Waals surface area contributed by atoms with Crippen LogP contribution >= 0.6 is 0 Å². The number of hydrogen-bond donors (Lipinski definition) is 1. The summed E-state index contributed by atoms with van der Waals surface area (Å²) in [4.78, 5) is 0. The van der Waals surface area contributed by atoms with Gasteiger partial charge in [0.2, 0.25) is 0 Å². The van der Waals surface area contributed by atoms with Crippen molar-refractivity contribution in [3.63, 3.8) is 0 Å². The zero-order valence-electron chi connectivity index (χ0n) is 8.63. The van der Waals surface area contributed by atoms with Crippen LogP contribution in [0.5, 0.6) is 0 Å². The smallest absolute Gasteiger partial charge is 0.126 e. The van der Waals surface area contributed by atoms with E-state index in [9.17, 15) is 4.39 Å². The van der Waals surface area contributed by atoms with Gasteiger partial charge in [0.1, 0.15) is 5.82 Å². The van der Waals surface area contributed by atoms with Crippen molar-refractivity contribution in [2.45, 2.75) is 19.8 Å². The fraction of sp³-hybridized carbons (Fsp3) is 0.500. The van der Waals surface area contributed by atoms with Gasteiger partial charge in [-0.2, -0.15) is 0 Å². The molecule has 0 heterocycles. The van der Waals surface area contributed by atoms with Crippen molar-refractivity contribution in [2.75, 3.05) is 6.54 Å². The minimum absolute atomic E-state index is 0.0958. The zero-order valence-corrected chi connectivity index (χ0v) is 8.63. The molecule has 0 amide bonds. The third-order valence-corrected chi connectivity index (χ3v) is 3.54. The molecule has 0 bridgehead atoms. The number of benzene rings is 1. The Bertz CT molecular complexity index is 346. The van der Waals surface area contributed by atoms with E-state index in [1.54, 1.807) is 6.07 Å². The molecule has 1 saturated carbocycles. The van der Waals surface area contributed by atoms with Crippen molar-refractivity contribution in [1.29, 1.82) is 0 Å². The summed E-state index contributed by atoms with van der Waals surface area (Å²) in [6.45, 7) is 4.95. The third kappa shape index (κ3) is 1.25. The van der Waals surface area contributed by atoms with Gasteiger partial charge in [0.05, 0.1) is 0 Å². The predicted molar refractivity (Wildman–Crippen MR) is 55.5 cm³/mol. The molecule has 1 fully saturated rings. The van der Waals surface area contributed by atoms with Crippen LogP contribution in [0.25, 0.3) is 0 Å². The SMILES string of the molecule is CC1(C)[C@H](CN)[C@H]1c1ccccc1F. The molecule has 0 spiro atoms. The normalized spacial score (nSPS) is 28.9. The van der Waals surface area contributed by atoms with Crippen LogP contribution in [-0.2, 0) is 0 Å². The van der Waals surface area contributed by atoms with E-state index in [2.05, 4.69) is 13.8 Å². The van der Waals surface area contributed by atoms with Crippen molar-refractivity contribution < 1.29 is 4.39 Å². The summed E-state index contributed by atoms with van der Waals surface area (Å²) in [7, 11) is 0. The highest BCUT2D eigenvalue weighted by Gasteiger charge is 2.57. The topological polar surface area (TPSA) is 26.0 Å². The molecule has 0 aromatic heterocycles. The third-order valence-electron chi connectivity index (χ3n) is 3.54. The van der Waals surface area contributed by atoms with Crippen molar-refractivity contribution in [3.05, 3.63) is 35.6 Å². The van der Waals surface area contributed by atoms with Crippen LogP contribution < -0.4 is 5.73 Å². The summed E-state index contributed by atoms with van der Waals surface area (Å²) in [5.41, 5.74) is 6.66.